The Bertz CT molecular complexity index is 474. The van der Waals surface area contributed by atoms with Crippen LogP contribution in [0.1, 0.15) is 36.2 Å². The van der Waals surface area contributed by atoms with Crippen molar-refractivity contribution in [3.63, 3.8) is 0 Å². The van der Waals surface area contributed by atoms with Crippen LogP contribution >= 0.6 is 24.0 Å². The zero-order valence-corrected chi connectivity index (χ0v) is 15.2. The molecule has 0 spiro atoms. The lowest BCUT2D eigenvalue weighted by Gasteiger charge is -2.13. The van der Waals surface area contributed by atoms with E-state index in [1.807, 2.05) is 12.1 Å². The van der Waals surface area contributed by atoms with Gasteiger partial charge in [0.05, 0.1) is 0 Å². The molecule has 0 radical (unpaired) electrons. The van der Waals surface area contributed by atoms with Gasteiger partial charge in [-0.2, -0.15) is 0 Å². The maximum Gasteiger partial charge on any atom is 0.248 e. The maximum absolute atomic E-state index is 11.1. The fraction of sp³-hybridized carbons (Fsp3) is 0.467. The molecule has 1 aromatic rings. The lowest BCUT2D eigenvalue weighted by atomic mass is 10.1. The van der Waals surface area contributed by atoms with Gasteiger partial charge in [-0.25, -0.2) is 0 Å². The smallest absolute Gasteiger partial charge is 0.248 e. The van der Waals surface area contributed by atoms with E-state index in [9.17, 15) is 4.79 Å². The minimum absolute atomic E-state index is 0. The number of halogens is 1. The standard InChI is InChI=1S/C15H24N4O.HI/c1-11(2)7-8-18-15(17-3)19-10-12-5-4-6-13(9-12)14(16)20;/h4-6,9,11H,7-8,10H2,1-3H3,(H2,16,20)(H2,17,18,19);1H. The van der Waals surface area contributed by atoms with Crippen LogP contribution in [-0.2, 0) is 6.54 Å². The van der Waals surface area contributed by atoms with Crippen LogP contribution < -0.4 is 16.4 Å². The summed E-state index contributed by atoms with van der Waals surface area (Å²) in [6.07, 6.45) is 1.10. The minimum Gasteiger partial charge on any atom is -0.366 e. The number of rotatable bonds is 6. The van der Waals surface area contributed by atoms with Crippen LogP contribution in [0, 0.1) is 5.92 Å². The number of hydrogen-bond acceptors (Lipinski definition) is 2. The van der Waals surface area contributed by atoms with Crippen LogP contribution in [0.15, 0.2) is 29.3 Å². The van der Waals surface area contributed by atoms with Crippen LogP contribution in [-0.4, -0.2) is 25.5 Å². The summed E-state index contributed by atoms with van der Waals surface area (Å²) in [5.41, 5.74) is 6.78. The topological polar surface area (TPSA) is 79.5 Å². The maximum atomic E-state index is 11.1. The number of benzene rings is 1. The number of nitrogens with two attached hydrogens (primary N) is 1. The van der Waals surface area contributed by atoms with E-state index in [2.05, 4.69) is 29.5 Å². The van der Waals surface area contributed by atoms with Gasteiger partial charge in [0.15, 0.2) is 5.96 Å². The zero-order chi connectivity index (χ0) is 15.0. The van der Waals surface area contributed by atoms with Crippen LogP contribution in [0.25, 0.3) is 0 Å². The van der Waals surface area contributed by atoms with Crippen LogP contribution in [0.2, 0.25) is 0 Å². The van der Waals surface area contributed by atoms with Crippen molar-refractivity contribution in [2.75, 3.05) is 13.6 Å². The molecule has 0 saturated carbocycles. The van der Waals surface area contributed by atoms with Crippen molar-refractivity contribution < 1.29 is 4.79 Å². The first-order valence-electron chi connectivity index (χ1n) is 6.86. The monoisotopic (exact) mass is 404 g/mol. The molecule has 118 valence electrons. The SMILES string of the molecule is CN=C(NCCC(C)C)NCc1cccc(C(N)=O)c1.I. The average Bonchev–Trinajstić information content (AvgIpc) is 2.42. The zero-order valence-electron chi connectivity index (χ0n) is 12.8. The van der Waals surface area contributed by atoms with E-state index >= 15 is 0 Å². The van der Waals surface area contributed by atoms with Crippen molar-refractivity contribution in [1.82, 2.24) is 10.6 Å². The second-order valence-corrected chi connectivity index (χ2v) is 5.10. The van der Waals surface area contributed by atoms with E-state index in [-0.39, 0.29) is 24.0 Å². The number of guanidine groups is 1. The number of primary amides is 1. The van der Waals surface area contributed by atoms with Crippen molar-refractivity contribution >= 4 is 35.8 Å². The molecular weight excluding hydrogens is 379 g/mol. The Labute approximate surface area is 143 Å². The van der Waals surface area contributed by atoms with E-state index < -0.39 is 5.91 Å². The van der Waals surface area contributed by atoms with Crippen molar-refractivity contribution in [3.05, 3.63) is 35.4 Å². The molecule has 5 nitrogen and oxygen atoms in total. The van der Waals surface area contributed by atoms with Gasteiger partial charge in [0.25, 0.3) is 0 Å². The summed E-state index contributed by atoms with van der Waals surface area (Å²) in [5, 5.41) is 6.47. The van der Waals surface area contributed by atoms with Gasteiger partial charge < -0.3 is 16.4 Å². The lowest BCUT2D eigenvalue weighted by Crippen LogP contribution is -2.37. The molecule has 0 aliphatic carbocycles. The van der Waals surface area contributed by atoms with Crippen LogP contribution in [0.5, 0.6) is 0 Å². The van der Waals surface area contributed by atoms with Gasteiger partial charge in [-0.15, -0.1) is 24.0 Å². The van der Waals surface area contributed by atoms with E-state index in [1.54, 1.807) is 19.2 Å². The number of carbonyl (C=O) groups is 1. The van der Waals surface area contributed by atoms with Crippen molar-refractivity contribution in [2.45, 2.75) is 26.8 Å². The summed E-state index contributed by atoms with van der Waals surface area (Å²) in [6.45, 7) is 5.86. The van der Waals surface area contributed by atoms with Crippen molar-refractivity contribution in [3.8, 4) is 0 Å². The van der Waals surface area contributed by atoms with E-state index in [0.717, 1.165) is 24.5 Å². The Morgan fingerprint density at radius 3 is 2.62 bits per heavy atom. The first-order valence-corrected chi connectivity index (χ1v) is 6.86. The predicted molar refractivity (Wildman–Crippen MR) is 98.0 cm³/mol. The Hall–Kier alpha value is -1.31. The van der Waals surface area contributed by atoms with Crippen molar-refractivity contribution in [2.24, 2.45) is 16.6 Å². The number of hydrogen-bond donors (Lipinski definition) is 3. The van der Waals surface area contributed by atoms with Gasteiger partial charge in [-0.05, 0) is 30.0 Å². The predicted octanol–water partition coefficient (Wildman–Crippen LogP) is 2.11. The summed E-state index contributed by atoms with van der Waals surface area (Å²) in [4.78, 5) is 15.3. The molecule has 0 aliphatic heterocycles. The lowest BCUT2D eigenvalue weighted by molar-refractivity contribution is 0.1000. The molecule has 0 bridgehead atoms. The third kappa shape index (κ3) is 7.89. The molecule has 0 fully saturated rings. The number of amides is 1. The molecule has 6 heteroatoms. The Morgan fingerprint density at radius 2 is 2.05 bits per heavy atom. The van der Waals surface area contributed by atoms with Crippen LogP contribution in [0.4, 0.5) is 0 Å². The molecule has 1 aromatic carbocycles. The molecule has 0 saturated heterocycles. The van der Waals surface area contributed by atoms with Gasteiger partial charge in [0.1, 0.15) is 0 Å². The second kappa shape index (κ2) is 10.4. The molecule has 0 atom stereocenters. The van der Waals surface area contributed by atoms with Gasteiger partial charge in [0.2, 0.25) is 5.91 Å². The first-order chi connectivity index (χ1) is 9.52. The Kier molecular flexibility index (Phi) is 9.77. The number of nitrogens with zero attached hydrogens (tertiary/aromatic N) is 1. The highest BCUT2D eigenvalue weighted by Gasteiger charge is 2.03. The normalized spacial score (nSPS) is 11.0. The fourth-order valence-electron chi connectivity index (χ4n) is 1.72. The van der Waals surface area contributed by atoms with Gasteiger partial charge >= 0.3 is 0 Å². The summed E-state index contributed by atoms with van der Waals surface area (Å²) in [5.74, 6) is 1.01. The highest BCUT2D eigenvalue weighted by atomic mass is 127. The molecule has 0 aromatic heterocycles. The number of nitrogens with one attached hydrogen (secondary N) is 2. The summed E-state index contributed by atoms with van der Waals surface area (Å²) in [7, 11) is 1.74. The number of aliphatic imine (C=N–C) groups is 1. The molecule has 21 heavy (non-hydrogen) atoms. The second-order valence-electron chi connectivity index (χ2n) is 5.10. The molecule has 1 amide bonds. The minimum atomic E-state index is -0.411. The van der Waals surface area contributed by atoms with Crippen molar-refractivity contribution in [1.29, 1.82) is 0 Å². The largest absolute Gasteiger partial charge is 0.366 e. The van der Waals surface area contributed by atoms with E-state index in [0.29, 0.717) is 18.0 Å². The summed E-state index contributed by atoms with van der Waals surface area (Å²) in [6, 6.07) is 7.27. The Morgan fingerprint density at radius 1 is 1.33 bits per heavy atom. The fourth-order valence-corrected chi connectivity index (χ4v) is 1.72. The molecule has 0 heterocycles. The molecule has 1 rings (SSSR count). The third-order valence-corrected chi connectivity index (χ3v) is 2.91. The summed E-state index contributed by atoms with van der Waals surface area (Å²) < 4.78 is 0. The van der Waals surface area contributed by atoms with Crippen LogP contribution in [0.3, 0.4) is 0 Å². The average molecular weight is 404 g/mol. The van der Waals surface area contributed by atoms with E-state index in [1.165, 1.54) is 0 Å². The number of carbonyl (C=O) groups excluding carboxylic acids is 1. The molecular formula is C15H25IN4O. The van der Waals surface area contributed by atoms with Gasteiger partial charge in [0, 0.05) is 25.7 Å². The third-order valence-electron chi connectivity index (χ3n) is 2.91. The molecule has 4 N–H and O–H groups in total. The summed E-state index contributed by atoms with van der Waals surface area (Å²) >= 11 is 0. The van der Waals surface area contributed by atoms with Gasteiger partial charge in [-0.1, -0.05) is 26.0 Å². The highest BCUT2D eigenvalue weighted by Crippen LogP contribution is 2.04. The van der Waals surface area contributed by atoms with Gasteiger partial charge in [-0.3, -0.25) is 9.79 Å². The highest BCUT2D eigenvalue weighted by molar-refractivity contribution is 14.0. The van der Waals surface area contributed by atoms with E-state index in [4.69, 9.17) is 5.73 Å². The molecule has 0 aliphatic rings. The first kappa shape index (κ1) is 19.7. The Balaban J connectivity index is 0.00000400. The molecule has 0 unspecified atom stereocenters. The quantitative estimate of drug-likeness (QED) is 0.386.